The van der Waals surface area contributed by atoms with Crippen molar-refractivity contribution >= 4 is 23.2 Å². The fourth-order valence-electron chi connectivity index (χ4n) is 1.74. The average molecular weight is 255 g/mol. The molecule has 5 heteroatoms. The number of carbonyl (C=O) groups excluding carboxylic acids is 1. The van der Waals surface area contributed by atoms with Crippen LogP contribution in [0, 0.1) is 0 Å². The van der Waals surface area contributed by atoms with Crippen LogP contribution in [0.2, 0.25) is 5.02 Å². The lowest BCUT2D eigenvalue weighted by Crippen LogP contribution is -2.40. The van der Waals surface area contributed by atoms with Crippen molar-refractivity contribution in [2.45, 2.75) is 12.5 Å². The second kappa shape index (κ2) is 6.00. The van der Waals surface area contributed by atoms with Gasteiger partial charge in [0.2, 0.25) is 5.91 Å². The smallest absolute Gasteiger partial charge is 0.227 e. The third kappa shape index (κ3) is 4.00. The molecule has 2 N–H and O–H groups in total. The zero-order valence-electron chi connectivity index (χ0n) is 9.41. The highest BCUT2D eigenvalue weighted by atomic mass is 35.5. The maximum Gasteiger partial charge on any atom is 0.227 e. The van der Waals surface area contributed by atoms with Crippen molar-refractivity contribution in [3.63, 3.8) is 0 Å². The van der Waals surface area contributed by atoms with E-state index in [4.69, 9.17) is 16.3 Å². The van der Waals surface area contributed by atoms with E-state index in [1.54, 1.807) is 18.2 Å². The van der Waals surface area contributed by atoms with Crippen molar-refractivity contribution in [2.24, 2.45) is 0 Å². The minimum Gasteiger partial charge on any atom is -0.375 e. The molecule has 4 nitrogen and oxygen atoms in total. The molecule has 1 atom stereocenters. The van der Waals surface area contributed by atoms with Gasteiger partial charge in [-0.25, -0.2) is 0 Å². The van der Waals surface area contributed by atoms with Crippen LogP contribution in [0.15, 0.2) is 24.3 Å². The van der Waals surface area contributed by atoms with Crippen LogP contribution in [-0.4, -0.2) is 31.7 Å². The highest BCUT2D eigenvalue weighted by molar-refractivity contribution is 6.30. The number of morpholine rings is 1. The first-order chi connectivity index (χ1) is 8.24. The summed E-state index contributed by atoms with van der Waals surface area (Å²) in [6.07, 6.45) is 0.322. The largest absolute Gasteiger partial charge is 0.375 e. The first kappa shape index (κ1) is 12.4. The van der Waals surface area contributed by atoms with Gasteiger partial charge in [0, 0.05) is 23.8 Å². The Morgan fingerprint density at radius 3 is 3.18 bits per heavy atom. The van der Waals surface area contributed by atoms with Gasteiger partial charge >= 0.3 is 0 Å². The fourth-order valence-corrected chi connectivity index (χ4v) is 1.93. The van der Waals surface area contributed by atoms with Crippen LogP contribution in [0.5, 0.6) is 0 Å². The Morgan fingerprint density at radius 1 is 1.59 bits per heavy atom. The number of ether oxygens (including phenoxy) is 1. The Kier molecular flexibility index (Phi) is 4.36. The van der Waals surface area contributed by atoms with Crippen molar-refractivity contribution in [3.8, 4) is 0 Å². The van der Waals surface area contributed by atoms with Gasteiger partial charge in [-0.05, 0) is 18.2 Å². The normalized spacial score (nSPS) is 19.9. The monoisotopic (exact) mass is 254 g/mol. The van der Waals surface area contributed by atoms with Gasteiger partial charge in [0.05, 0.1) is 19.1 Å². The van der Waals surface area contributed by atoms with Crippen molar-refractivity contribution in [1.29, 1.82) is 0 Å². The third-order valence-corrected chi connectivity index (χ3v) is 2.76. The number of benzene rings is 1. The Morgan fingerprint density at radius 2 is 2.47 bits per heavy atom. The van der Waals surface area contributed by atoms with Gasteiger partial charge in [-0.1, -0.05) is 17.7 Å². The predicted molar refractivity (Wildman–Crippen MR) is 67.3 cm³/mol. The molecule has 1 aromatic carbocycles. The second-order valence-electron chi connectivity index (χ2n) is 3.96. The quantitative estimate of drug-likeness (QED) is 0.863. The van der Waals surface area contributed by atoms with Gasteiger partial charge in [-0.2, -0.15) is 0 Å². The van der Waals surface area contributed by atoms with E-state index in [1.165, 1.54) is 0 Å². The molecule has 1 amide bonds. The number of hydrogen-bond donors (Lipinski definition) is 2. The topological polar surface area (TPSA) is 50.4 Å². The molecule has 0 spiro atoms. The number of carbonyl (C=O) groups is 1. The Labute approximate surface area is 105 Å². The molecule has 1 aliphatic rings. The Bertz CT molecular complexity index is 392. The molecule has 92 valence electrons. The zero-order chi connectivity index (χ0) is 12.1. The van der Waals surface area contributed by atoms with Gasteiger partial charge in [0.1, 0.15) is 0 Å². The summed E-state index contributed by atoms with van der Waals surface area (Å²) < 4.78 is 5.46. The molecular weight excluding hydrogens is 240 g/mol. The van der Waals surface area contributed by atoms with Crippen molar-refractivity contribution in [3.05, 3.63) is 29.3 Å². The summed E-state index contributed by atoms with van der Waals surface area (Å²) in [5.41, 5.74) is 0.714. The summed E-state index contributed by atoms with van der Waals surface area (Å²) in [5, 5.41) is 6.60. The van der Waals surface area contributed by atoms with Crippen LogP contribution in [-0.2, 0) is 9.53 Å². The molecule has 1 aromatic rings. The van der Waals surface area contributed by atoms with Crippen molar-refractivity contribution in [2.75, 3.05) is 25.0 Å². The lowest BCUT2D eigenvalue weighted by atomic mass is 10.2. The Hall–Kier alpha value is -1.10. The summed E-state index contributed by atoms with van der Waals surface area (Å²) in [4.78, 5) is 11.7. The minimum absolute atomic E-state index is 0.0389. The summed E-state index contributed by atoms with van der Waals surface area (Å²) in [7, 11) is 0. The standard InChI is InChI=1S/C12H15ClN2O2/c13-9-2-1-3-10(6-9)15-12(16)7-11-8-14-4-5-17-11/h1-3,6,11,14H,4-5,7-8H2,(H,15,16). The van der Waals surface area contributed by atoms with Crippen LogP contribution in [0.4, 0.5) is 5.69 Å². The minimum atomic E-state index is -0.0547. The molecule has 1 saturated heterocycles. The van der Waals surface area contributed by atoms with Crippen LogP contribution < -0.4 is 10.6 Å². The molecule has 0 bridgehead atoms. The average Bonchev–Trinajstić information content (AvgIpc) is 2.30. The first-order valence-electron chi connectivity index (χ1n) is 5.62. The highest BCUT2D eigenvalue weighted by Gasteiger charge is 2.17. The van der Waals surface area contributed by atoms with E-state index >= 15 is 0 Å². The van der Waals surface area contributed by atoms with Gasteiger partial charge in [0.15, 0.2) is 0 Å². The van der Waals surface area contributed by atoms with E-state index in [9.17, 15) is 4.79 Å². The zero-order valence-corrected chi connectivity index (χ0v) is 10.2. The molecule has 0 aliphatic carbocycles. The van der Waals surface area contributed by atoms with E-state index in [0.29, 0.717) is 23.7 Å². The second-order valence-corrected chi connectivity index (χ2v) is 4.40. The van der Waals surface area contributed by atoms with Crippen LogP contribution in [0.25, 0.3) is 0 Å². The molecule has 1 fully saturated rings. The molecule has 17 heavy (non-hydrogen) atoms. The number of anilines is 1. The third-order valence-electron chi connectivity index (χ3n) is 2.53. The summed E-state index contributed by atoms with van der Waals surface area (Å²) >= 11 is 5.83. The summed E-state index contributed by atoms with van der Waals surface area (Å²) in [6.45, 7) is 2.24. The maximum atomic E-state index is 11.7. The molecular formula is C12H15ClN2O2. The van der Waals surface area contributed by atoms with E-state index < -0.39 is 0 Å². The first-order valence-corrected chi connectivity index (χ1v) is 5.99. The van der Waals surface area contributed by atoms with Crippen LogP contribution in [0.1, 0.15) is 6.42 Å². The lowest BCUT2D eigenvalue weighted by Gasteiger charge is -2.23. The fraction of sp³-hybridized carbons (Fsp3) is 0.417. The van der Waals surface area contributed by atoms with Gasteiger partial charge in [-0.3, -0.25) is 4.79 Å². The van der Waals surface area contributed by atoms with Gasteiger partial charge < -0.3 is 15.4 Å². The predicted octanol–water partition coefficient (Wildman–Crippen LogP) is 1.66. The molecule has 0 aromatic heterocycles. The van der Waals surface area contributed by atoms with E-state index in [-0.39, 0.29) is 12.0 Å². The number of nitrogens with one attached hydrogen (secondary N) is 2. The van der Waals surface area contributed by atoms with Crippen molar-refractivity contribution in [1.82, 2.24) is 5.32 Å². The number of amides is 1. The van der Waals surface area contributed by atoms with Crippen LogP contribution in [0.3, 0.4) is 0 Å². The van der Waals surface area contributed by atoms with Gasteiger partial charge in [-0.15, -0.1) is 0 Å². The van der Waals surface area contributed by atoms with Gasteiger partial charge in [0.25, 0.3) is 0 Å². The maximum absolute atomic E-state index is 11.7. The van der Waals surface area contributed by atoms with E-state index in [0.717, 1.165) is 13.1 Å². The molecule has 0 saturated carbocycles. The van der Waals surface area contributed by atoms with E-state index in [2.05, 4.69) is 10.6 Å². The number of halogens is 1. The Balaban J connectivity index is 1.84. The highest BCUT2D eigenvalue weighted by Crippen LogP contribution is 2.15. The van der Waals surface area contributed by atoms with Crippen molar-refractivity contribution < 1.29 is 9.53 Å². The van der Waals surface area contributed by atoms with Crippen LogP contribution >= 0.6 is 11.6 Å². The molecule has 1 aliphatic heterocycles. The molecule has 0 radical (unpaired) electrons. The molecule has 1 unspecified atom stereocenters. The SMILES string of the molecule is O=C(CC1CNCCO1)Nc1cccc(Cl)c1. The molecule has 2 rings (SSSR count). The number of hydrogen-bond acceptors (Lipinski definition) is 3. The lowest BCUT2D eigenvalue weighted by molar-refractivity contribution is -0.119. The molecule has 1 heterocycles. The van der Waals surface area contributed by atoms with E-state index in [1.807, 2.05) is 6.07 Å². The number of rotatable bonds is 3. The summed E-state index contributed by atoms with van der Waals surface area (Å²) in [6, 6.07) is 7.10. The summed E-state index contributed by atoms with van der Waals surface area (Å²) in [5.74, 6) is -0.0547.